The lowest BCUT2D eigenvalue weighted by Gasteiger charge is -2.20. The van der Waals surface area contributed by atoms with E-state index >= 15 is 0 Å². The Morgan fingerprint density at radius 3 is 2.76 bits per heavy atom. The predicted molar refractivity (Wildman–Crippen MR) is 113 cm³/mol. The molecule has 0 aliphatic carbocycles. The number of ether oxygens (including phenoxy) is 3. The van der Waals surface area contributed by atoms with Crippen LogP contribution in [-0.2, 0) is 0 Å². The molecule has 4 rings (SSSR count). The van der Waals surface area contributed by atoms with Gasteiger partial charge in [-0.1, -0.05) is 36.0 Å². The lowest BCUT2D eigenvalue weighted by Crippen LogP contribution is -2.17. The van der Waals surface area contributed by atoms with Gasteiger partial charge in [0.25, 0.3) is 0 Å². The summed E-state index contributed by atoms with van der Waals surface area (Å²) in [6.07, 6.45) is 1.30. The van der Waals surface area contributed by atoms with Crippen LogP contribution in [0.15, 0.2) is 60.3 Å². The van der Waals surface area contributed by atoms with Crippen LogP contribution in [0.1, 0.15) is 11.8 Å². The van der Waals surface area contributed by atoms with Gasteiger partial charge in [0, 0.05) is 22.6 Å². The SMILES string of the molecule is C=CCSc1nnc2c(n1)OC(c1ccc(OC)c(OC)c1)Nc1ccccc1-2. The number of fused-ring (bicyclic) bond motifs is 3. The molecule has 1 aliphatic heterocycles. The first-order valence-corrected chi connectivity index (χ1v) is 9.95. The quantitative estimate of drug-likeness (QED) is 0.477. The average Bonchev–Trinajstić information content (AvgIpc) is 2.93. The predicted octanol–water partition coefficient (Wildman–Crippen LogP) is 4.34. The van der Waals surface area contributed by atoms with Crippen LogP contribution < -0.4 is 19.5 Å². The number of hydrogen-bond acceptors (Lipinski definition) is 8. The van der Waals surface area contributed by atoms with Gasteiger partial charge in [-0.2, -0.15) is 4.98 Å². The maximum atomic E-state index is 6.26. The zero-order chi connectivity index (χ0) is 20.2. The van der Waals surface area contributed by atoms with Gasteiger partial charge in [0.2, 0.25) is 11.0 Å². The lowest BCUT2D eigenvalue weighted by molar-refractivity contribution is 0.224. The molecule has 0 fully saturated rings. The number of rotatable bonds is 6. The second-order valence-electron chi connectivity index (χ2n) is 6.15. The van der Waals surface area contributed by atoms with Gasteiger partial charge in [-0.15, -0.1) is 16.8 Å². The molecule has 0 spiro atoms. The Balaban J connectivity index is 1.78. The van der Waals surface area contributed by atoms with Crippen LogP contribution in [0.4, 0.5) is 5.69 Å². The molecule has 29 heavy (non-hydrogen) atoms. The molecule has 0 saturated heterocycles. The van der Waals surface area contributed by atoms with Gasteiger partial charge in [0.1, 0.15) is 0 Å². The second-order valence-corrected chi connectivity index (χ2v) is 7.14. The van der Waals surface area contributed by atoms with E-state index in [1.807, 2.05) is 42.5 Å². The normalized spacial score (nSPS) is 14.5. The minimum atomic E-state index is -0.494. The molecule has 1 aromatic heterocycles. The topological polar surface area (TPSA) is 78.4 Å². The summed E-state index contributed by atoms with van der Waals surface area (Å²) in [7, 11) is 3.21. The van der Waals surface area contributed by atoms with E-state index < -0.39 is 6.23 Å². The van der Waals surface area contributed by atoms with Crippen LogP contribution >= 0.6 is 11.8 Å². The molecule has 0 amide bonds. The van der Waals surface area contributed by atoms with Crippen LogP contribution in [0.25, 0.3) is 11.3 Å². The van der Waals surface area contributed by atoms with E-state index in [4.69, 9.17) is 14.2 Å². The summed E-state index contributed by atoms with van der Waals surface area (Å²) in [5.41, 5.74) is 3.22. The number of anilines is 1. The molecule has 1 atom stereocenters. The lowest BCUT2D eigenvalue weighted by atomic mass is 10.1. The number of aromatic nitrogens is 3. The Bertz CT molecular complexity index is 1040. The third-order valence-corrected chi connectivity index (χ3v) is 5.21. The van der Waals surface area contributed by atoms with E-state index in [9.17, 15) is 0 Å². The fourth-order valence-corrected chi connectivity index (χ4v) is 3.52. The van der Waals surface area contributed by atoms with Gasteiger partial charge in [-0.3, -0.25) is 0 Å². The summed E-state index contributed by atoms with van der Waals surface area (Å²) in [5, 5.41) is 12.6. The highest BCUT2D eigenvalue weighted by atomic mass is 32.2. The Kier molecular flexibility index (Phi) is 5.53. The molecule has 8 heteroatoms. The van der Waals surface area contributed by atoms with E-state index in [1.54, 1.807) is 20.3 Å². The molecule has 2 heterocycles. The molecular weight excluding hydrogens is 388 g/mol. The van der Waals surface area contributed by atoms with E-state index in [0.29, 0.717) is 34.0 Å². The zero-order valence-electron chi connectivity index (χ0n) is 16.1. The van der Waals surface area contributed by atoms with E-state index in [-0.39, 0.29) is 0 Å². The van der Waals surface area contributed by atoms with Crippen LogP contribution in [0, 0.1) is 0 Å². The summed E-state index contributed by atoms with van der Waals surface area (Å²) in [5.74, 6) is 2.38. The van der Waals surface area contributed by atoms with Gasteiger partial charge in [0.05, 0.1) is 14.2 Å². The van der Waals surface area contributed by atoms with Crippen molar-refractivity contribution in [3.63, 3.8) is 0 Å². The summed E-state index contributed by atoms with van der Waals surface area (Å²) in [6, 6.07) is 13.5. The van der Waals surface area contributed by atoms with Crippen molar-refractivity contribution < 1.29 is 14.2 Å². The van der Waals surface area contributed by atoms with Crippen LogP contribution in [0.3, 0.4) is 0 Å². The molecule has 3 aromatic rings. The maximum absolute atomic E-state index is 6.26. The van der Waals surface area contributed by atoms with Crippen LogP contribution in [-0.4, -0.2) is 35.2 Å². The van der Waals surface area contributed by atoms with E-state index in [1.165, 1.54) is 11.8 Å². The number of benzene rings is 2. The first-order chi connectivity index (χ1) is 14.2. The highest BCUT2D eigenvalue weighted by molar-refractivity contribution is 7.99. The van der Waals surface area contributed by atoms with Crippen molar-refractivity contribution in [2.24, 2.45) is 0 Å². The minimum Gasteiger partial charge on any atom is -0.493 e. The summed E-state index contributed by atoms with van der Waals surface area (Å²) >= 11 is 1.45. The molecule has 1 unspecified atom stereocenters. The fourth-order valence-electron chi connectivity index (χ4n) is 3.01. The van der Waals surface area contributed by atoms with Crippen LogP contribution in [0.5, 0.6) is 17.4 Å². The summed E-state index contributed by atoms with van der Waals surface area (Å²) in [4.78, 5) is 4.59. The maximum Gasteiger partial charge on any atom is 0.247 e. The zero-order valence-corrected chi connectivity index (χ0v) is 16.9. The van der Waals surface area contributed by atoms with Crippen molar-refractivity contribution in [2.75, 3.05) is 25.3 Å². The molecule has 0 bridgehead atoms. The Labute approximate surface area is 173 Å². The number of nitrogens with one attached hydrogen (secondary N) is 1. The van der Waals surface area contributed by atoms with Crippen LogP contribution in [0.2, 0.25) is 0 Å². The van der Waals surface area contributed by atoms with E-state index in [0.717, 1.165) is 16.8 Å². The molecular formula is C21H20N4O3S. The molecule has 2 aromatic carbocycles. The molecule has 1 N–H and O–H groups in total. The minimum absolute atomic E-state index is 0.420. The van der Waals surface area contributed by atoms with Crippen molar-refractivity contribution in [3.8, 4) is 28.6 Å². The number of hydrogen-bond donors (Lipinski definition) is 1. The highest BCUT2D eigenvalue weighted by Crippen LogP contribution is 2.40. The van der Waals surface area contributed by atoms with Crippen molar-refractivity contribution in [1.29, 1.82) is 0 Å². The van der Waals surface area contributed by atoms with Gasteiger partial charge in [-0.25, -0.2) is 0 Å². The molecule has 0 radical (unpaired) electrons. The van der Waals surface area contributed by atoms with Crippen molar-refractivity contribution >= 4 is 17.4 Å². The Morgan fingerprint density at radius 2 is 1.97 bits per heavy atom. The Hall–Kier alpha value is -3.26. The number of thioether (sulfide) groups is 1. The molecule has 1 aliphatic rings. The molecule has 0 saturated carbocycles. The monoisotopic (exact) mass is 408 g/mol. The van der Waals surface area contributed by atoms with Gasteiger partial charge in [-0.05, 0) is 24.3 Å². The summed E-state index contributed by atoms with van der Waals surface area (Å²) < 4.78 is 17.0. The average molecular weight is 408 g/mol. The third-order valence-electron chi connectivity index (χ3n) is 4.37. The largest absolute Gasteiger partial charge is 0.493 e. The number of nitrogens with zero attached hydrogens (tertiary/aromatic N) is 3. The van der Waals surface area contributed by atoms with Gasteiger partial charge < -0.3 is 19.5 Å². The van der Waals surface area contributed by atoms with Crippen molar-refractivity contribution in [3.05, 3.63) is 60.7 Å². The fraction of sp³-hybridized carbons (Fsp3) is 0.190. The van der Waals surface area contributed by atoms with E-state index in [2.05, 4.69) is 27.1 Å². The van der Waals surface area contributed by atoms with Gasteiger partial charge in [0.15, 0.2) is 23.4 Å². The standard InChI is InChI=1S/C21H20N4O3S/c1-4-11-29-21-23-20-18(24-25-21)14-7-5-6-8-15(14)22-19(28-20)13-9-10-16(26-2)17(12-13)27-3/h4-10,12,19,22H,1,11H2,2-3H3. The molecule has 7 nitrogen and oxygen atoms in total. The number of para-hydroxylation sites is 1. The first kappa shape index (κ1) is 19.1. The Morgan fingerprint density at radius 1 is 1.14 bits per heavy atom. The van der Waals surface area contributed by atoms with Crippen molar-refractivity contribution in [2.45, 2.75) is 11.4 Å². The first-order valence-electron chi connectivity index (χ1n) is 8.96. The smallest absolute Gasteiger partial charge is 0.247 e. The molecule has 148 valence electrons. The van der Waals surface area contributed by atoms with Crippen molar-refractivity contribution in [1.82, 2.24) is 15.2 Å². The summed E-state index contributed by atoms with van der Waals surface area (Å²) in [6.45, 7) is 3.73. The van der Waals surface area contributed by atoms with Gasteiger partial charge >= 0.3 is 0 Å². The second kappa shape index (κ2) is 8.40. The highest BCUT2D eigenvalue weighted by Gasteiger charge is 2.26. The third kappa shape index (κ3) is 3.84. The number of methoxy groups -OCH3 is 2.